The van der Waals surface area contributed by atoms with Crippen LogP contribution >= 0.6 is 0 Å². The zero-order valence-electron chi connectivity index (χ0n) is 8.61. The lowest BCUT2D eigenvalue weighted by Gasteiger charge is -1.91. The molecule has 78 valence electrons. The van der Waals surface area contributed by atoms with Gasteiger partial charge >= 0.3 is 0 Å². The van der Waals surface area contributed by atoms with Crippen molar-refractivity contribution in [2.75, 3.05) is 19.8 Å². The molecular weight excluding hydrogens is 186 g/mol. The van der Waals surface area contributed by atoms with Crippen LogP contribution in [0.15, 0.2) is 42.6 Å². The van der Waals surface area contributed by atoms with E-state index in [1.807, 2.05) is 30.5 Å². The first-order valence-electron chi connectivity index (χ1n) is 5.18. The summed E-state index contributed by atoms with van der Waals surface area (Å²) >= 11 is 0. The van der Waals surface area contributed by atoms with Crippen LogP contribution < -0.4 is 10.6 Å². The summed E-state index contributed by atoms with van der Waals surface area (Å²) in [5, 5.41) is 7.42. The van der Waals surface area contributed by atoms with Crippen LogP contribution in [0.5, 0.6) is 0 Å². The van der Waals surface area contributed by atoms with Gasteiger partial charge in [0.25, 0.3) is 0 Å². The first kappa shape index (κ1) is 10.1. The molecule has 0 bridgehead atoms. The summed E-state index contributed by atoms with van der Waals surface area (Å²) in [6.45, 7) is 3.28. The van der Waals surface area contributed by atoms with Gasteiger partial charge in [-0.25, -0.2) is 0 Å². The van der Waals surface area contributed by atoms with Crippen molar-refractivity contribution in [3.05, 3.63) is 42.6 Å². The van der Waals surface area contributed by atoms with Crippen molar-refractivity contribution >= 4 is 10.9 Å². The highest BCUT2D eigenvalue weighted by Crippen LogP contribution is 2.07. The maximum absolute atomic E-state index is 4.18. The minimum absolute atomic E-state index is 1.00. The molecule has 3 rings (SSSR count). The molecule has 0 radical (unpaired) electrons. The van der Waals surface area contributed by atoms with Crippen LogP contribution in [0.25, 0.3) is 10.9 Å². The van der Waals surface area contributed by atoms with E-state index in [0.717, 1.165) is 25.3 Å². The maximum Gasteiger partial charge on any atom is 0.0701 e. The van der Waals surface area contributed by atoms with Crippen molar-refractivity contribution in [3.8, 4) is 0 Å². The van der Waals surface area contributed by atoms with E-state index >= 15 is 0 Å². The monoisotopic (exact) mass is 201 g/mol. The summed E-state index contributed by atoms with van der Waals surface area (Å²) < 4.78 is 0. The Kier molecular flexibility index (Phi) is 3.65. The normalized spacial score (nSPS) is 14.7. The molecule has 1 saturated heterocycles. The summed E-state index contributed by atoms with van der Waals surface area (Å²) in [6, 6.07) is 12.1. The molecule has 0 aliphatic carbocycles. The molecule has 2 heterocycles. The Labute approximate surface area is 89.5 Å². The van der Waals surface area contributed by atoms with Gasteiger partial charge in [-0.05, 0) is 12.1 Å². The number of nitrogens with zero attached hydrogens (tertiary/aromatic N) is 1. The van der Waals surface area contributed by atoms with Crippen LogP contribution in [-0.2, 0) is 0 Å². The largest absolute Gasteiger partial charge is 0.303 e. The Bertz CT molecular complexity index is 337. The highest BCUT2D eigenvalue weighted by atomic mass is 15.1. The van der Waals surface area contributed by atoms with Crippen molar-refractivity contribution in [2.24, 2.45) is 0 Å². The second-order valence-corrected chi connectivity index (χ2v) is 3.37. The predicted molar refractivity (Wildman–Crippen MR) is 62.6 cm³/mol. The molecule has 1 aromatic heterocycles. The minimum atomic E-state index is 1.00. The van der Waals surface area contributed by atoms with E-state index < -0.39 is 0 Å². The van der Waals surface area contributed by atoms with Gasteiger partial charge in [-0.15, -0.1) is 0 Å². The van der Waals surface area contributed by atoms with E-state index in [9.17, 15) is 0 Å². The molecule has 2 N–H and O–H groups in total. The SMILES string of the molecule is C1CNCN1.c1ccc2ncccc2c1. The number of pyridine rings is 1. The van der Waals surface area contributed by atoms with Crippen LogP contribution in [0.1, 0.15) is 0 Å². The van der Waals surface area contributed by atoms with Gasteiger partial charge in [0.1, 0.15) is 0 Å². The average molecular weight is 201 g/mol. The molecular formula is C12H15N3. The smallest absolute Gasteiger partial charge is 0.0701 e. The molecule has 0 spiro atoms. The lowest BCUT2D eigenvalue weighted by atomic mass is 10.2. The Balaban J connectivity index is 0.000000144. The molecule has 0 unspecified atom stereocenters. The van der Waals surface area contributed by atoms with Gasteiger partial charge in [0.05, 0.1) is 5.52 Å². The fourth-order valence-electron chi connectivity index (χ4n) is 1.46. The predicted octanol–water partition coefficient (Wildman–Crippen LogP) is 1.37. The van der Waals surface area contributed by atoms with Gasteiger partial charge in [-0.1, -0.05) is 24.3 Å². The highest BCUT2D eigenvalue weighted by molar-refractivity contribution is 5.77. The zero-order chi connectivity index (χ0) is 10.3. The van der Waals surface area contributed by atoms with Gasteiger partial charge < -0.3 is 10.6 Å². The third-order valence-electron chi connectivity index (χ3n) is 2.24. The van der Waals surface area contributed by atoms with E-state index in [4.69, 9.17) is 0 Å². The van der Waals surface area contributed by atoms with E-state index in [1.165, 1.54) is 5.39 Å². The molecule has 3 nitrogen and oxygen atoms in total. The summed E-state index contributed by atoms with van der Waals surface area (Å²) in [7, 11) is 0. The molecule has 2 aromatic rings. The lowest BCUT2D eigenvalue weighted by Crippen LogP contribution is -2.11. The van der Waals surface area contributed by atoms with Crippen LogP contribution in [-0.4, -0.2) is 24.7 Å². The van der Waals surface area contributed by atoms with E-state index in [0.29, 0.717) is 0 Å². The second-order valence-electron chi connectivity index (χ2n) is 3.37. The summed E-state index contributed by atoms with van der Waals surface area (Å²) in [4.78, 5) is 4.18. The third kappa shape index (κ3) is 3.01. The highest BCUT2D eigenvalue weighted by Gasteiger charge is 1.90. The molecule has 1 aromatic carbocycles. The van der Waals surface area contributed by atoms with Crippen molar-refractivity contribution in [1.82, 2.24) is 15.6 Å². The molecule has 3 heteroatoms. The molecule has 15 heavy (non-hydrogen) atoms. The zero-order valence-corrected chi connectivity index (χ0v) is 8.61. The summed E-state index contributed by atoms with van der Waals surface area (Å²) in [5.74, 6) is 0. The van der Waals surface area contributed by atoms with Crippen molar-refractivity contribution < 1.29 is 0 Å². The van der Waals surface area contributed by atoms with Gasteiger partial charge in [-0.2, -0.15) is 0 Å². The quantitative estimate of drug-likeness (QED) is 0.676. The van der Waals surface area contributed by atoms with Gasteiger partial charge in [-0.3, -0.25) is 4.98 Å². The topological polar surface area (TPSA) is 37.0 Å². The van der Waals surface area contributed by atoms with Crippen molar-refractivity contribution in [3.63, 3.8) is 0 Å². The summed E-state index contributed by atoms with van der Waals surface area (Å²) in [6.07, 6.45) is 1.81. The van der Waals surface area contributed by atoms with Gasteiger partial charge in [0, 0.05) is 31.3 Å². The third-order valence-corrected chi connectivity index (χ3v) is 2.24. The Morgan fingerprint density at radius 1 is 0.933 bits per heavy atom. The van der Waals surface area contributed by atoms with Gasteiger partial charge in [0.2, 0.25) is 0 Å². The molecule has 0 atom stereocenters. The van der Waals surface area contributed by atoms with E-state index in [-0.39, 0.29) is 0 Å². The maximum atomic E-state index is 4.18. The number of fused-ring (bicyclic) bond motifs is 1. The van der Waals surface area contributed by atoms with Crippen LogP contribution in [0, 0.1) is 0 Å². The molecule has 0 saturated carbocycles. The fraction of sp³-hybridized carbons (Fsp3) is 0.250. The van der Waals surface area contributed by atoms with Crippen LogP contribution in [0.3, 0.4) is 0 Å². The molecule has 1 aliphatic heterocycles. The molecule has 0 amide bonds. The number of rotatable bonds is 0. The number of hydrogen-bond donors (Lipinski definition) is 2. The van der Waals surface area contributed by atoms with Crippen LogP contribution in [0.4, 0.5) is 0 Å². The van der Waals surface area contributed by atoms with E-state index in [1.54, 1.807) is 0 Å². The van der Waals surface area contributed by atoms with Crippen molar-refractivity contribution in [1.29, 1.82) is 0 Å². The average Bonchev–Trinajstić information content (AvgIpc) is 2.88. The second kappa shape index (κ2) is 5.44. The Morgan fingerprint density at radius 2 is 1.67 bits per heavy atom. The van der Waals surface area contributed by atoms with Gasteiger partial charge in [0.15, 0.2) is 0 Å². The Hall–Kier alpha value is -1.45. The van der Waals surface area contributed by atoms with E-state index in [2.05, 4.69) is 27.8 Å². The van der Waals surface area contributed by atoms with Crippen LogP contribution in [0.2, 0.25) is 0 Å². The number of para-hydroxylation sites is 1. The number of nitrogens with one attached hydrogen (secondary N) is 2. The first-order chi connectivity index (χ1) is 7.47. The standard InChI is InChI=1S/C9H7N.C3H8N2/c1-2-6-9-8(4-1)5-3-7-10-9;1-2-5-3-4-1/h1-7H;4-5H,1-3H2. The molecule has 1 aliphatic rings. The number of hydrogen-bond acceptors (Lipinski definition) is 3. The Morgan fingerprint density at radius 3 is 2.33 bits per heavy atom. The lowest BCUT2D eigenvalue weighted by molar-refractivity contribution is 0.807. The first-order valence-corrected chi connectivity index (χ1v) is 5.18. The summed E-state index contributed by atoms with van der Waals surface area (Å²) in [5.41, 5.74) is 1.06. The number of aromatic nitrogens is 1. The fourth-order valence-corrected chi connectivity index (χ4v) is 1.46. The number of benzene rings is 1. The molecule has 1 fully saturated rings. The van der Waals surface area contributed by atoms with Crippen molar-refractivity contribution in [2.45, 2.75) is 0 Å². The minimum Gasteiger partial charge on any atom is -0.303 e.